The molecule has 0 aliphatic rings. The molecule has 0 fully saturated rings. The van der Waals surface area contributed by atoms with Crippen molar-refractivity contribution in [2.24, 2.45) is 5.73 Å². The quantitative estimate of drug-likeness (QED) is 0.723. The van der Waals surface area contributed by atoms with Gasteiger partial charge >= 0.3 is 0 Å². The summed E-state index contributed by atoms with van der Waals surface area (Å²) in [6.45, 7) is 0.0507. The molecule has 1 aromatic heterocycles. The highest BCUT2D eigenvalue weighted by molar-refractivity contribution is 9.10. The van der Waals surface area contributed by atoms with Crippen LogP contribution in [0.1, 0.15) is 5.76 Å². The van der Waals surface area contributed by atoms with Gasteiger partial charge in [-0.3, -0.25) is 4.72 Å². The molecule has 114 valence electrons. The maximum atomic E-state index is 13.1. The summed E-state index contributed by atoms with van der Waals surface area (Å²) in [5.41, 5.74) is 5.42. The number of sulfonamides is 1. The largest absolute Gasteiger partial charge is 0.452 e. The number of anilines is 1. The highest BCUT2D eigenvalue weighted by Gasteiger charge is 2.24. The molecule has 5 nitrogen and oxygen atoms in total. The summed E-state index contributed by atoms with van der Waals surface area (Å²) in [7, 11) is -3.97. The van der Waals surface area contributed by atoms with Crippen LogP contribution < -0.4 is 10.5 Å². The molecule has 0 atom stereocenters. The molecule has 0 amide bonds. The molecule has 0 bridgehead atoms. The predicted molar refractivity (Wildman–Crippen MR) is 84.2 cm³/mol. The van der Waals surface area contributed by atoms with Gasteiger partial charge in [-0.05, 0) is 44.0 Å². The van der Waals surface area contributed by atoms with Crippen molar-refractivity contribution in [2.45, 2.75) is 11.4 Å². The van der Waals surface area contributed by atoms with Crippen molar-refractivity contribution < 1.29 is 17.2 Å². The second-order valence-electron chi connectivity index (χ2n) is 3.90. The number of halogens is 4. The zero-order valence-corrected chi connectivity index (χ0v) is 14.9. The normalized spacial score (nSPS) is 11.7. The number of nitrogens with two attached hydrogens (primary N) is 1. The zero-order valence-electron chi connectivity index (χ0n) is 10.2. The smallest absolute Gasteiger partial charge is 0.266 e. The van der Waals surface area contributed by atoms with E-state index in [0.717, 1.165) is 12.1 Å². The van der Waals surface area contributed by atoms with Gasteiger partial charge in [-0.2, -0.15) is 0 Å². The summed E-state index contributed by atoms with van der Waals surface area (Å²) in [6.07, 6.45) is 0. The van der Waals surface area contributed by atoms with Crippen LogP contribution in [0.2, 0.25) is 5.02 Å². The van der Waals surface area contributed by atoms with Gasteiger partial charge in [-0.15, -0.1) is 0 Å². The van der Waals surface area contributed by atoms with Crippen LogP contribution in [0.15, 0.2) is 36.7 Å². The van der Waals surface area contributed by atoms with Crippen molar-refractivity contribution in [2.75, 3.05) is 4.72 Å². The Hall–Kier alpha value is -0.610. The lowest BCUT2D eigenvalue weighted by Crippen LogP contribution is -2.13. The first-order valence-corrected chi connectivity index (χ1v) is 8.85. The van der Waals surface area contributed by atoms with Crippen molar-refractivity contribution >= 4 is 59.2 Å². The summed E-state index contributed by atoms with van der Waals surface area (Å²) < 4.78 is 45.4. The highest BCUT2D eigenvalue weighted by Crippen LogP contribution is 2.35. The maximum Gasteiger partial charge on any atom is 0.266 e. The fraction of sp³-hybridized carbons (Fsp3) is 0.0909. The van der Waals surface area contributed by atoms with Gasteiger partial charge in [0.15, 0.2) is 4.67 Å². The second-order valence-corrected chi connectivity index (χ2v) is 7.54. The summed E-state index contributed by atoms with van der Waals surface area (Å²) in [5, 5.41) is -0.0795. The molecule has 0 aliphatic carbocycles. The fourth-order valence-corrected chi connectivity index (χ4v) is 4.70. The molecule has 2 rings (SSSR count). The molecule has 0 unspecified atom stereocenters. The predicted octanol–water partition coefficient (Wildman–Crippen LogP) is 3.86. The van der Waals surface area contributed by atoms with Gasteiger partial charge in [0.1, 0.15) is 16.5 Å². The fourth-order valence-electron chi connectivity index (χ4n) is 1.51. The van der Waals surface area contributed by atoms with E-state index in [1.807, 2.05) is 0 Å². The SMILES string of the molecule is NCc1cc(S(=O)(=O)Nc2c(Cl)cc(F)cc2Br)c(Br)o1. The van der Waals surface area contributed by atoms with Crippen LogP contribution in [0.3, 0.4) is 0 Å². The number of rotatable bonds is 4. The van der Waals surface area contributed by atoms with Crippen LogP contribution in [0.5, 0.6) is 0 Å². The van der Waals surface area contributed by atoms with E-state index >= 15 is 0 Å². The van der Waals surface area contributed by atoms with Gasteiger partial charge in [0.2, 0.25) is 0 Å². The molecule has 3 N–H and O–H groups in total. The van der Waals surface area contributed by atoms with E-state index in [4.69, 9.17) is 21.8 Å². The Morgan fingerprint density at radius 1 is 1.33 bits per heavy atom. The first-order chi connectivity index (χ1) is 9.74. The molecule has 0 saturated heterocycles. The Morgan fingerprint density at radius 2 is 2.00 bits per heavy atom. The number of furan rings is 1. The molecular weight excluding hydrogens is 454 g/mol. The summed E-state index contributed by atoms with van der Waals surface area (Å²) in [5.74, 6) is -0.295. The van der Waals surface area contributed by atoms with Crippen molar-refractivity contribution in [3.05, 3.63) is 43.9 Å². The molecule has 1 heterocycles. The Bertz CT molecular complexity index is 772. The first-order valence-electron chi connectivity index (χ1n) is 5.40. The molecule has 2 aromatic rings. The average Bonchev–Trinajstić information content (AvgIpc) is 2.76. The molecular formula is C11H8Br2ClFN2O3S. The third-order valence-corrected chi connectivity index (χ3v) is 5.57. The molecule has 21 heavy (non-hydrogen) atoms. The van der Waals surface area contributed by atoms with Crippen LogP contribution in [-0.2, 0) is 16.6 Å². The van der Waals surface area contributed by atoms with Crippen molar-refractivity contribution in [1.82, 2.24) is 0 Å². The minimum absolute atomic E-state index is 0.0183. The lowest BCUT2D eigenvalue weighted by Gasteiger charge is -2.10. The minimum Gasteiger partial charge on any atom is -0.452 e. The van der Waals surface area contributed by atoms with E-state index in [1.165, 1.54) is 6.07 Å². The number of nitrogens with one attached hydrogen (secondary N) is 1. The Labute approximate surface area is 142 Å². The summed E-state index contributed by atoms with van der Waals surface area (Å²) in [6, 6.07) is 3.39. The van der Waals surface area contributed by atoms with Crippen molar-refractivity contribution in [3.63, 3.8) is 0 Å². The highest BCUT2D eigenvalue weighted by atomic mass is 79.9. The lowest BCUT2D eigenvalue weighted by atomic mass is 10.3. The van der Waals surface area contributed by atoms with Gasteiger partial charge in [0.25, 0.3) is 10.0 Å². The molecule has 0 spiro atoms. The molecule has 0 radical (unpaired) electrons. The van der Waals surface area contributed by atoms with Gasteiger partial charge in [0, 0.05) is 10.5 Å². The van der Waals surface area contributed by atoms with E-state index in [1.54, 1.807) is 0 Å². The van der Waals surface area contributed by atoms with Crippen LogP contribution >= 0.6 is 43.5 Å². The van der Waals surface area contributed by atoms with E-state index in [9.17, 15) is 12.8 Å². The topological polar surface area (TPSA) is 85.3 Å². The van der Waals surface area contributed by atoms with E-state index in [0.29, 0.717) is 5.76 Å². The zero-order chi connectivity index (χ0) is 15.8. The van der Waals surface area contributed by atoms with Gasteiger partial charge < -0.3 is 10.2 Å². The molecule has 1 aromatic carbocycles. The Morgan fingerprint density at radius 3 is 2.52 bits per heavy atom. The molecule has 0 aliphatic heterocycles. The summed E-state index contributed by atoms with van der Waals surface area (Å²) in [4.78, 5) is -0.129. The number of hydrogen-bond donors (Lipinski definition) is 2. The lowest BCUT2D eigenvalue weighted by molar-refractivity contribution is 0.484. The number of hydrogen-bond acceptors (Lipinski definition) is 4. The van der Waals surface area contributed by atoms with Crippen molar-refractivity contribution in [3.8, 4) is 0 Å². The van der Waals surface area contributed by atoms with Gasteiger partial charge in [0.05, 0.1) is 17.3 Å². The maximum absolute atomic E-state index is 13.1. The Kier molecular flexibility index (Phi) is 4.99. The van der Waals surface area contributed by atoms with Crippen LogP contribution in [0.25, 0.3) is 0 Å². The summed E-state index contributed by atoms with van der Waals surface area (Å²) >= 11 is 11.9. The van der Waals surface area contributed by atoms with E-state index < -0.39 is 15.8 Å². The van der Waals surface area contributed by atoms with E-state index in [2.05, 4.69) is 36.6 Å². The van der Waals surface area contributed by atoms with Crippen LogP contribution in [-0.4, -0.2) is 8.42 Å². The monoisotopic (exact) mass is 460 g/mol. The average molecular weight is 463 g/mol. The second kappa shape index (κ2) is 6.25. The van der Waals surface area contributed by atoms with Crippen LogP contribution in [0.4, 0.5) is 10.1 Å². The minimum atomic E-state index is -3.97. The van der Waals surface area contributed by atoms with Gasteiger partial charge in [-0.25, -0.2) is 12.8 Å². The van der Waals surface area contributed by atoms with Crippen molar-refractivity contribution in [1.29, 1.82) is 0 Å². The van der Waals surface area contributed by atoms with E-state index in [-0.39, 0.29) is 31.3 Å². The first kappa shape index (κ1) is 16.8. The third-order valence-electron chi connectivity index (χ3n) is 2.44. The number of benzene rings is 1. The molecule has 0 saturated carbocycles. The van der Waals surface area contributed by atoms with Gasteiger partial charge in [-0.1, -0.05) is 11.6 Å². The third kappa shape index (κ3) is 3.59. The standard InChI is InChI=1S/C11H8Br2ClFN2O3S/c12-7-1-5(15)2-8(14)10(7)17-21(18,19)9-3-6(4-16)20-11(9)13/h1-3,17H,4,16H2. The molecule has 10 heteroatoms. The Balaban J connectivity index is 2.44. The van der Waals surface area contributed by atoms with Crippen LogP contribution in [0, 0.1) is 5.82 Å².